The van der Waals surface area contributed by atoms with Gasteiger partial charge in [-0.2, -0.15) is 0 Å². The summed E-state index contributed by atoms with van der Waals surface area (Å²) in [4.78, 5) is 0. The van der Waals surface area contributed by atoms with E-state index < -0.39 is 0 Å². The van der Waals surface area contributed by atoms with Gasteiger partial charge in [0, 0.05) is 18.7 Å². The smallest absolute Gasteiger partial charge is 0.127 e. The zero-order valence-corrected chi connectivity index (χ0v) is 10.7. The molecule has 0 atom stereocenters. The van der Waals surface area contributed by atoms with E-state index in [1.54, 1.807) is 6.07 Å². The van der Waals surface area contributed by atoms with Crippen LogP contribution in [0.25, 0.3) is 0 Å². The van der Waals surface area contributed by atoms with Crippen molar-refractivity contribution >= 4 is 0 Å². The first kappa shape index (κ1) is 13.2. The summed E-state index contributed by atoms with van der Waals surface area (Å²) in [7, 11) is 0. The van der Waals surface area contributed by atoms with Crippen molar-refractivity contribution in [3.8, 4) is 0 Å². The van der Waals surface area contributed by atoms with Crippen LogP contribution in [0.1, 0.15) is 38.3 Å². The number of aryl methyl sites for hydroxylation is 1. The summed E-state index contributed by atoms with van der Waals surface area (Å²) in [6, 6.07) is 5.24. The van der Waals surface area contributed by atoms with Crippen LogP contribution in [0.3, 0.4) is 0 Å². The maximum Gasteiger partial charge on any atom is 0.127 e. The number of hydrogen-bond donors (Lipinski definition) is 1. The van der Waals surface area contributed by atoms with Gasteiger partial charge in [0.05, 0.1) is 0 Å². The van der Waals surface area contributed by atoms with Crippen LogP contribution in [-0.2, 0) is 6.54 Å². The second kappa shape index (κ2) is 5.44. The Bertz CT molecular complexity index is 345. The van der Waals surface area contributed by atoms with Crippen molar-refractivity contribution in [2.75, 3.05) is 6.54 Å². The number of halogens is 1. The lowest BCUT2D eigenvalue weighted by Gasteiger charge is -2.23. The van der Waals surface area contributed by atoms with Crippen molar-refractivity contribution in [2.24, 2.45) is 5.41 Å². The molecule has 0 aromatic heterocycles. The van der Waals surface area contributed by atoms with Crippen LogP contribution in [0.2, 0.25) is 0 Å². The molecule has 0 saturated heterocycles. The minimum absolute atomic E-state index is 0.118. The quantitative estimate of drug-likeness (QED) is 0.803. The minimum atomic E-state index is -0.118. The first-order valence-corrected chi connectivity index (χ1v) is 5.90. The molecule has 1 aromatic rings. The summed E-state index contributed by atoms with van der Waals surface area (Å²) in [5.74, 6) is -0.118. The number of rotatable bonds is 5. The van der Waals surface area contributed by atoms with E-state index in [9.17, 15) is 4.39 Å². The molecule has 0 amide bonds. The highest BCUT2D eigenvalue weighted by atomic mass is 19.1. The number of nitrogens with one attached hydrogen (secondary N) is 1. The van der Waals surface area contributed by atoms with Gasteiger partial charge in [-0.3, -0.25) is 0 Å². The maximum atomic E-state index is 13.4. The molecule has 1 aromatic carbocycles. The van der Waals surface area contributed by atoms with Gasteiger partial charge in [-0.25, -0.2) is 4.39 Å². The van der Waals surface area contributed by atoms with Gasteiger partial charge in [-0.15, -0.1) is 0 Å². The summed E-state index contributed by atoms with van der Waals surface area (Å²) in [6.07, 6.45) is 1.12. The molecule has 0 unspecified atom stereocenters. The van der Waals surface area contributed by atoms with Gasteiger partial charge >= 0.3 is 0 Å². The topological polar surface area (TPSA) is 12.0 Å². The molecule has 0 spiro atoms. The molecule has 0 radical (unpaired) electrons. The predicted octanol–water partition coefficient (Wildman–Crippen LogP) is 3.66. The minimum Gasteiger partial charge on any atom is -0.312 e. The molecule has 1 N–H and O–H groups in total. The molecule has 0 fully saturated rings. The zero-order chi connectivity index (χ0) is 12.2. The Kier molecular flexibility index (Phi) is 4.48. The van der Waals surface area contributed by atoms with Crippen LogP contribution in [0.5, 0.6) is 0 Å². The maximum absolute atomic E-state index is 13.4. The molecule has 2 heteroatoms. The van der Waals surface area contributed by atoms with Crippen molar-refractivity contribution < 1.29 is 4.39 Å². The van der Waals surface area contributed by atoms with E-state index in [1.165, 1.54) is 6.07 Å². The number of benzene rings is 1. The average Bonchev–Trinajstić information content (AvgIpc) is 2.23. The Hall–Kier alpha value is -0.890. The highest BCUT2D eigenvalue weighted by Gasteiger charge is 2.14. The van der Waals surface area contributed by atoms with Crippen LogP contribution < -0.4 is 5.32 Å². The first-order chi connectivity index (χ1) is 7.44. The van der Waals surface area contributed by atoms with Crippen molar-refractivity contribution in [1.82, 2.24) is 5.32 Å². The van der Waals surface area contributed by atoms with Gasteiger partial charge in [0.1, 0.15) is 5.82 Å². The van der Waals surface area contributed by atoms with Crippen molar-refractivity contribution in [3.05, 3.63) is 35.1 Å². The third-order valence-corrected chi connectivity index (χ3v) is 3.08. The van der Waals surface area contributed by atoms with Gasteiger partial charge in [0.25, 0.3) is 0 Å². The van der Waals surface area contributed by atoms with Crippen LogP contribution in [0, 0.1) is 18.2 Å². The second-order valence-electron chi connectivity index (χ2n) is 5.22. The Labute approximate surface area is 98.1 Å². The lowest BCUT2D eigenvalue weighted by Crippen LogP contribution is -2.28. The van der Waals surface area contributed by atoms with Gasteiger partial charge in [0.2, 0.25) is 0 Å². The highest BCUT2D eigenvalue weighted by molar-refractivity contribution is 5.23. The van der Waals surface area contributed by atoms with Crippen molar-refractivity contribution in [3.63, 3.8) is 0 Å². The van der Waals surface area contributed by atoms with E-state index in [0.717, 1.165) is 24.1 Å². The summed E-state index contributed by atoms with van der Waals surface area (Å²) in [5.41, 5.74) is 2.14. The standard InChI is InChI=1S/C14H22FN/c1-5-14(3,4)10-16-9-12-8-11(2)6-7-13(12)15/h6-8,16H,5,9-10H2,1-4H3. The summed E-state index contributed by atoms with van der Waals surface area (Å²) >= 11 is 0. The van der Waals surface area contributed by atoms with Gasteiger partial charge in [-0.1, -0.05) is 38.5 Å². The largest absolute Gasteiger partial charge is 0.312 e. The fourth-order valence-electron chi connectivity index (χ4n) is 1.50. The zero-order valence-electron chi connectivity index (χ0n) is 10.7. The third kappa shape index (κ3) is 3.93. The monoisotopic (exact) mass is 223 g/mol. The van der Waals surface area contributed by atoms with Crippen LogP contribution in [-0.4, -0.2) is 6.54 Å². The molecular weight excluding hydrogens is 201 g/mol. The van der Waals surface area contributed by atoms with Crippen molar-refractivity contribution in [2.45, 2.75) is 40.7 Å². The molecule has 90 valence electrons. The molecule has 1 nitrogen and oxygen atoms in total. The van der Waals surface area contributed by atoms with Crippen LogP contribution in [0.15, 0.2) is 18.2 Å². The lowest BCUT2D eigenvalue weighted by molar-refractivity contribution is 0.326. The second-order valence-corrected chi connectivity index (χ2v) is 5.22. The normalized spacial score (nSPS) is 11.8. The van der Waals surface area contributed by atoms with E-state index in [2.05, 4.69) is 26.1 Å². The molecule has 0 aliphatic carbocycles. The molecule has 0 saturated carbocycles. The van der Waals surface area contributed by atoms with E-state index in [-0.39, 0.29) is 11.2 Å². The molecular formula is C14H22FN. The van der Waals surface area contributed by atoms with Gasteiger partial charge in [0.15, 0.2) is 0 Å². The number of hydrogen-bond acceptors (Lipinski definition) is 1. The lowest BCUT2D eigenvalue weighted by atomic mass is 9.90. The Morgan fingerprint density at radius 3 is 2.62 bits per heavy atom. The highest BCUT2D eigenvalue weighted by Crippen LogP contribution is 2.18. The summed E-state index contributed by atoms with van der Waals surface area (Å²) in [5, 5.41) is 3.32. The Balaban J connectivity index is 2.52. The first-order valence-electron chi connectivity index (χ1n) is 5.90. The molecule has 1 rings (SSSR count). The van der Waals surface area contributed by atoms with Crippen LogP contribution in [0.4, 0.5) is 4.39 Å². The Morgan fingerprint density at radius 2 is 2.00 bits per heavy atom. The van der Waals surface area contributed by atoms with E-state index in [1.807, 2.05) is 13.0 Å². The predicted molar refractivity (Wildman–Crippen MR) is 66.9 cm³/mol. The molecule has 0 heterocycles. The van der Waals surface area contributed by atoms with Crippen molar-refractivity contribution in [1.29, 1.82) is 0 Å². The molecule has 0 aliphatic rings. The van der Waals surface area contributed by atoms with E-state index >= 15 is 0 Å². The average molecular weight is 223 g/mol. The fourth-order valence-corrected chi connectivity index (χ4v) is 1.50. The van der Waals surface area contributed by atoms with Crippen LogP contribution >= 0.6 is 0 Å². The van der Waals surface area contributed by atoms with E-state index in [0.29, 0.717) is 6.54 Å². The third-order valence-electron chi connectivity index (χ3n) is 3.08. The van der Waals surface area contributed by atoms with Gasteiger partial charge in [-0.05, 0) is 24.8 Å². The van der Waals surface area contributed by atoms with E-state index in [4.69, 9.17) is 0 Å². The molecule has 0 aliphatic heterocycles. The molecule has 16 heavy (non-hydrogen) atoms. The summed E-state index contributed by atoms with van der Waals surface area (Å²) < 4.78 is 13.4. The SMILES string of the molecule is CCC(C)(C)CNCc1cc(C)ccc1F. The fraction of sp³-hybridized carbons (Fsp3) is 0.571. The van der Waals surface area contributed by atoms with Gasteiger partial charge < -0.3 is 5.32 Å². The summed E-state index contributed by atoms with van der Waals surface area (Å²) in [6.45, 7) is 10.1. The Morgan fingerprint density at radius 1 is 1.31 bits per heavy atom. The molecule has 0 bridgehead atoms.